The second kappa shape index (κ2) is 6.16. The highest BCUT2D eigenvalue weighted by Gasteiger charge is 2.17. The maximum Gasteiger partial charge on any atom is 0.127 e. The van der Waals surface area contributed by atoms with Gasteiger partial charge in [-0.25, -0.2) is 4.39 Å². The molecular weight excluding hydrogens is 231 g/mol. The van der Waals surface area contributed by atoms with Crippen molar-refractivity contribution in [1.82, 2.24) is 10.2 Å². The van der Waals surface area contributed by atoms with Gasteiger partial charge in [0.25, 0.3) is 0 Å². The van der Waals surface area contributed by atoms with Gasteiger partial charge < -0.3 is 10.4 Å². The number of rotatable bonds is 5. The molecule has 1 aliphatic rings. The maximum absolute atomic E-state index is 13.1. The molecule has 1 aliphatic heterocycles. The Morgan fingerprint density at radius 3 is 2.72 bits per heavy atom. The van der Waals surface area contributed by atoms with Crippen LogP contribution in [0.3, 0.4) is 0 Å². The van der Waals surface area contributed by atoms with Crippen LogP contribution in [0.15, 0.2) is 18.2 Å². The lowest BCUT2D eigenvalue weighted by atomic mass is 10.2. The fraction of sp³-hybridized carbons (Fsp3) is 0.571. The van der Waals surface area contributed by atoms with Crippen molar-refractivity contribution < 1.29 is 9.50 Å². The van der Waals surface area contributed by atoms with Gasteiger partial charge in [0.1, 0.15) is 11.6 Å². The molecule has 0 aliphatic carbocycles. The van der Waals surface area contributed by atoms with E-state index in [0.29, 0.717) is 12.6 Å². The Hall–Kier alpha value is -1.13. The summed E-state index contributed by atoms with van der Waals surface area (Å²) in [5.74, 6) is -0.404. The number of hydrogen-bond acceptors (Lipinski definition) is 3. The van der Waals surface area contributed by atoms with Crippen LogP contribution in [0.2, 0.25) is 0 Å². The third kappa shape index (κ3) is 3.68. The summed E-state index contributed by atoms with van der Waals surface area (Å²) >= 11 is 0. The predicted octanol–water partition coefficient (Wildman–Crippen LogP) is 2.11. The Bertz CT molecular complexity index is 371. The second-order valence-corrected chi connectivity index (χ2v) is 5.04. The minimum absolute atomic E-state index is 0.0145. The summed E-state index contributed by atoms with van der Waals surface area (Å²) in [4.78, 5) is 2.47. The van der Waals surface area contributed by atoms with E-state index in [4.69, 9.17) is 0 Å². The van der Waals surface area contributed by atoms with Gasteiger partial charge in [-0.15, -0.1) is 0 Å². The second-order valence-electron chi connectivity index (χ2n) is 5.04. The monoisotopic (exact) mass is 252 g/mol. The molecule has 1 fully saturated rings. The van der Waals surface area contributed by atoms with Crippen molar-refractivity contribution in [2.24, 2.45) is 0 Å². The van der Waals surface area contributed by atoms with Crippen LogP contribution < -0.4 is 5.32 Å². The molecule has 1 unspecified atom stereocenters. The lowest BCUT2D eigenvalue weighted by Crippen LogP contribution is -2.38. The first-order valence-electron chi connectivity index (χ1n) is 6.58. The van der Waals surface area contributed by atoms with Gasteiger partial charge in [-0.05, 0) is 50.6 Å². The minimum Gasteiger partial charge on any atom is -0.508 e. The van der Waals surface area contributed by atoms with Gasteiger partial charge in [0, 0.05) is 25.2 Å². The summed E-state index contributed by atoms with van der Waals surface area (Å²) in [7, 11) is 0. The summed E-state index contributed by atoms with van der Waals surface area (Å²) in [6, 6.07) is 4.68. The smallest absolute Gasteiger partial charge is 0.127 e. The van der Waals surface area contributed by atoms with Gasteiger partial charge in [-0.3, -0.25) is 4.90 Å². The zero-order valence-corrected chi connectivity index (χ0v) is 10.8. The Kier molecular flexibility index (Phi) is 4.55. The number of phenols is 1. The van der Waals surface area contributed by atoms with Crippen molar-refractivity contribution in [2.45, 2.75) is 32.4 Å². The van der Waals surface area contributed by atoms with E-state index in [9.17, 15) is 9.50 Å². The minimum atomic E-state index is -0.389. The van der Waals surface area contributed by atoms with E-state index in [0.717, 1.165) is 18.2 Å². The number of aromatic hydroxyl groups is 1. The van der Waals surface area contributed by atoms with Crippen molar-refractivity contribution in [1.29, 1.82) is 0 Å². The number of phenolic OH excluding ortho intramolecular Hbond substituents is 1. The van der Waals surface area contributed by atoms with E-state index in [2.05, 4.69) is 17.1 Å². The highest BCUT2D eigenvalue weighted by molar-refractivity contribution is 5.28. The SMILES string of the molecule is CC(CNCc1cc(O)cc(F)c1)N1CCCC1. The summed E-state index contributed by atoms with van der Waals surface area (Å²) in [6.45, 7) is 6.05. The number of nitrogens with one attached hydrogen (secondary N) is 1. The zero-order valence-electron chi connectivity index (χ0n) is 10.8. The quantitative estimate of drug-likeness (QED) is 0.842. The van der Waals surface area contributed by atoms with Crippen molar-refractivity contribution in [3.05, 3.63) is 29.6 Å². The fourth-order valence-electron chi connectivity index (χ4n) is 2.47. The molecule has 1 heterocycles. The Morgan fingerprint density at radius 2 is 2.06 bits per heavy atom. The lowest BCUT2D eigenvalue weighted by Gasteiger charge is -2.24. The molecule has 0 amide bonds. The molecule has 0 bridgehead atoms. The van der Waals surface area contributed by atoms with Crippen molar-refractivity contribution in [2.75, 3.05) is 19.6 Å². The third-order valence-electron chi connectivity index (χ3n) is 3.48. The highest BCUT2D eigenvalue weighted by Crippen LogP contribution is 2.14. The molecule has 1 atom stereocenters. The van der Waals surface area contributed by atoms with Crippen LogP contribution in [-0.4, -0.2) is 35.7 Å². The molecule has 4 heteroatoms. The fourth-order valence-corrected chi connectivity index (χ4v) is 2.47. The largest absolute Gasteiger partial charge is 0.508 e. The van der Waals surface area contributed by atoms with Crippen LogP contribution in [0.25, 0.3) is 0 Å². The van der Waals surface area contributed by atoms with Gasteiger partial charge in [-0.2, -0.15) is 0 Å². The standard InChI is InChI=1S/C14H21FN2O/c1-11(17-4-2-3-5-17)9-16-10-12-6-13(15)8-14(18)7-12/h6-8,11,16,18H,2-5,9-10H2,1H3. The van der Waals surface area contributed by atoms with Gasteiger partial charge in [0.15, 0.2) is 0 Å². The first-order valence-corrected chi connectivity index (χ1v) is 6.58. The lowest BCUT2D eigenvalue weighted by molar-refractivity contribution is 0.251. The van der Waals surface area contributed by atoms with Crippen molar-refractivity contribution in [3.8, 4) is 5.75 Å². The summed E-state index contributed by atoms with van der Waals surface area (Å²) < 4.78 is 13.1. The van der Waals surface area contributed by atoms with Gasteiger partial charge in [-0.1, -0.05) is 0 Å². The molecule has 0 radical (unpaired) electrons. The maximum atomic E-state index is 13.1. The molecular formula is C14H21FN2O. The Labute approximate surface area is 108 Å². The van der Waals surface area contributed by atoms with E-state index < -0.39 is 0 Å². The van der Waals surface area contributed by atoms with Gasteiger partial charge in [0.2, 0.25) is 0 Å². The summed E-state index contributed by atoms with van der Waals surface area (Å²) in [5.41, 5.74) is 0.779. The van der Waals surface area contributed by atoms with Crippen LogP contribution in [0, 0.1) is 5.82 Å². The van der Waals surface area contributed by atoms with E-state index in [1.165, 1.54) is 32.0 Å². The molecule has 2 N–H and O–H groups in total. The average Bonchev–Trinajstić information content (AvgIpc) is 2.80. The number of benzene rings is 1. The van der Waals surface area contributed by atoms with Crippen molar-refractivity contribution >= 4 is 0 Å². The van der Waals surface area contributed by atoms with Crippen LogP contribution in [-0.2, 0) is 6.54 Å². The first kappa shape index (κ1) is 13.3. The van der Waals surface area contributed by atoms with E-state index in [-0.39, 0.29) is 11.6 Å². The summed E-state index contributed by atoms with van der Waals surface area (Å²) in [6.07, 6.45) is 2.59. The molecule has 1 saturated heterocycles. The van der Waals surface area contributed by atoms with Crippen LogP contribution in [0.1, 0.15) is 25.3 Å². The van der Waals surface area contributed by atoms with Crippen LogP contribution >= 0.6 is 0 Å². The van der Waals surface area contributed by atoms with Gasteiger partial charge in [0.05, 0.1) is 0 Å². The number of nitrogens with zero attached hydrogens (tertiary/aromatic N) is 1. The van der Waals surface area contributed by atoms with Gasteiger partial charge >= 0.3 is 0 Å². The normalized spacial score (nSPS) is 18.1. The molecule has 100 valence electrons. The Morgan fingerprint density at radius 1 is 1.33 bits per heavy atom. The molecule has 1 aromatic rings. The Balaban J connectivity index is 1.77. The van der Waals surface area contributed by atoms with E-state index in [1.807, 2.05) is 0 Å². The van der Waals surface area contributed by atoms with Crippen LogP contribution in [0.4, 0.5) is 4.39 Å². The molecule has 18 heavy (non-hydrogen) atoms. The third-order valence-corrected chi connectivity index (χ3v) is 3.48. The molecule has 1 aromatic carbocycles. The molecule has 0 aromatic heterocycles. The molecule has 2 rings (SSSR count). The summed E-state index contributed by atoms with van der Waals surface area (Å²) in [5, 5.41) is 12.6. The van der Waals surface area contributed by atoms with E-state index in [1.54, 1.807) is 6.07 Å². The average molecular weight is 252 g/mol. The number of halogens is 1. The number of likely N-dealkylation sites (tertiary alicyclic amines) is 1. The van der Waals surface area contributed by atoms with E-state index >= 15 is 0 Å². The molecule has 0 spiro atoms. The first-order chi connectivity index (χ1) is 8.65. The topological polar surface area (TPSA) is 35.5 Å². The molecule has 0 saturated carbocycles. The van der Waals surface area contributed by atoms with Crippen molar-refractivity contribution in [3.63, 3.8) is 0 Å². The zero-order chi connectivity index (χ0) is 13.0. The highest BCUT2D eigenvalue weighted by atomic mass is 19.1. The predicted molar refractivity (Wildman–Crippen MR) is 70.0 cm³/mol. The molecule has 3 nitrogen and oxygen atoms in total. The van der Waals surface area contributed by atoms with Crippen LogP contribution in [0.5, 0.6) is 5.75 Å². The number of hydrogen-bond donors (Lipinski definition) is 2.